The number of halogens is 1. The first kappa shape index (κ1) is 27.6. The summed E-state index contributed by atoms with van der Waals surface area (Å²) in [5.74, 6) is 1.39. The average Bonchev–Trinajstić information content (AvgIpc) is 3.40. The highest BCUT2D eigenvalue weighted by Gasteiger charge is 2.27. The highest BCUT2D eigenvalue weighted by atomic mass is 35.5. The van der Waals surface area contributed by atoms with Crippen LogP contribution in [0.2, 0.25) is 0 Å². The second-order valence-electron chi connectivity index (χ2n) is 9.82. The Morgan fingerprint density at radius 3 is 2.35 bits per heavy atom. The van der Waals surface area contributed by atoms with Gasteiger partial charge in [-0.05, 0) is 80.1 Å². The molecule has 5 rings (SSSR count). The smallest absolute Gasteiger partial charge is 0.242 e. The van der Waals surface area contributed by atoms with Gasteiger partial charge in [-0.1, -0.05) is 60.7 Å². The topological polar surface area (TPSA) is 59.1 Å². The van der Waals surface area contributed by atoms with E-state index in [2.05, 4.69) is 41.3 Å². The summed E-state index contributed by atoms with van der Waals surface area (Å²) in [4.78, 5) is 13.3. The number of fused-ring (bicyclic) bond motifs is 1. The van der Waals surface area contributed by atoms with Crippen molar-refractivity contribution < 1.29 is 18.2 Å². The number of nitrogens with zero attached hydrogens (tertiary/aromatic N) is 2. The van der Waals surface area contributed by atoms with E-state index in [-0.39, 0.29) is 18.3 Å². The van der Waals surface area contributed by atoms with Gasteiger partial charge in [-0.2, -0.15) is 4.89 Å². The van der Waals surface area contributed by atoms with Crippen molar-refractivity contribution in [3.63, 3.8) is 0 Å². The van der Waals surface area contributed by atoms with Gasteiger partial charge in [-0.3, -0.25) is 0 Å². The van der Waals surface area contributed by atoms with Crippen molar-refractivity contribution in [1.82, 2.24) is 9.21 Å². The summed E-state index contributed by atoms with van der Waals surface area (Å²) in [6.45, 7) is 3.90. The van der Waals surface area contributed by atoms with Crippen LogP contribution in [0.15, 0.2) is 83.8 Å². The molecule has 2 heterocycles. The second kappa shape index (κ2) is 12.4. The lowest BCUT2D eigenvalue weighted by Gasteiger charge is -2.33. The maximum Gasteiger partial charge on any atom is 0.242 e. The Morgan fingerprint density at radius 2 is 1.65 bits per heavy atom. The van der Waals surface area contributed by atoms with E-state index in [0.717, 1.165) is 55.8 Å². The van der Waals surface area contributed by atoms with Crippen LogP contribution >= 0.6 is 12.4 Å². The van der Waals surface area contributed by atoms with Crippen LogP contribution in [-0.4, -0.2) is 50.8 Å². The lowest BCUT2D eigenvalue weighted by molar-refractivity contribution is -0.194. The van der Waals surface area contributed by atoms with Gasteiger partial charge in [0.1, 0.15) is 6.61 Å². The fourth-order valence-electron chi connectivity index (χ4n) is 5.28. The predicted octanol–water partition coefficient (Wildman–Crippen LogP) is 5.61. The summed E-state index contributed by atoms with van der Waals surface area (Å²) in [6, 6.07) is 25.6. The van der Waals surface area contributed by atoms with Crippen LogP contribution < -0.4 is 4.89 Å². The van der Waals surface area contributed by atoms with Gasteiger partial charge >= 0.3 is 0 Å². The first-order valence-electron chi connectivity index (χ1n) is 12.7. The molecule has 8 heteroatoms. The minimum absolute atomic E-state index is 0. The molecule has 37 heavy (non-hydrogen) atoms. The summed E-state index contributed by atoms with van der Waals surface area (Å²) < 4.78 is 28.0. The zero-order chi connectivity index (χ0) is 25.0. The maximum atomic E-state index is 13.2. The molecule has 3 aromatic rings. The second-order valence-corrected chi connectivity index (χ2v) is 11.9. The van der Waals surface area contributed by atoms with Crippen LogP contribution in [-0.2, 0) is 21.5 Å². The van der Waals surface area contributed by atoms with Gasteiger partial charge in [-0.15, -0.1) is 12.4 Å². The van der Waals surface area contributed by atoms with Crippen molar-refractivity contribution in [2.45, 2.75) is 42.6 Å². The van der Waals surface area contributed by atoms with E-state index >= 15 is 0 Å². The van der Waals surface area contributed by atoms with Crippen LogP contribution in [0.25, 0.3) is 0 Å². The normalized spacial score (nSPS) is 17.1. The fraction of sp³-hybridized carbons (Fsp3) is 0.379. The zero-order valence-corrected chi connectivity index (χ0v) is 22.8. The van der Waals surface area contributed by atoms with Crippen LogP contribution in [0, 0.1) is 0 Å². The van der Waals surface area contributed by atoms with Gasteiger partial charge < -0.3 is 9.79 Å². The number of sulfonamides is 1. The highest BCUT2D eigenvalue weighted by molar-refractivity contribution is 7.89. The molecular weight excluding hydrogens is 508 g/mol. The lowest BCUT2D eigenvalue weighted by Crippen LogP contribution is -2.36. The van der Waals surface area contributed by atoms with Crippen LogP contribution in [0.1, 0.15) is 47.8 Å². The Hall–Kier alpha value is -2.42. The van der Waals surface area contributed by atoms with Crippen molar-refractivity contribution in [3.8, 4) is 5.75 Å². The van der Waals surface area contributed by atoms with Gasteiger partial charge in [0.15, 0.2) is 5.75 Å². The average molecular weight is 543 g/mol. The molecule has 198 valence electrons. The number of likely N-dealkylation sites (tertiary alicyclic amines) is 1. The SMILES string of the molecule is CN(C[C@@H](CCN1CCC(c2ccccc2)CC1)c1ccc2c(c1)OOC2)S(=O)(=O)c1ccccc1.Cl. The fourth-order valence-corrected chi connectivity index (χ4v) is 6.51. The molecule has 2 aliphatic heterocycles. The Labute approximate surface area is 226 Å². The molecule has 0 spiro atoms. The van der Waals surface area contributed by atoms with E-state index in [4.69, 9.17) is 9.78 Å². The van der Waals surface area contributed by atoms with E-state index in [1.807, 2.05) is 18.2 Å². The van der Waals surface area contributed by atoms with Crippen molar-refractivity contribution in [2.75, 3.05) is 33.2 Å². The third kappa shape index (κ3) is 6.54. The van der Waals surface area contributed by atoms with Crippen molar-refractivity contribution in [1.29, 1.82) is 0 Å². The molecule has 0 N–H and O–H groups in total. The number of benzene rings is 3. The highest BCUT2D eigenvalue weighted by Crippen LogP contribution is 2.33. The molecule has 0 amide bonds. The van der Waals surface area contributed by atoms with Gasteiger partial charge in [0.25, 0.3) is 0 Å². The molecule has 0 saturated carbocycles. The Bertz CT molecular complexity index is 1250. The van der Waals surface area contributed by atoms with Gasteiger partial charge in [0, 0.05) is 19.2 Å². The molecule has 0 radical (unpaired) electrons. The zero-order valence-electron chi connectivity index (χ0n) is 21.2. The summed E-state index contributed by atoms with van der Waals surface area (Å²) >= 11 is 0. The van der Waals surface area contributed by atoms with Crippen molar-refractivity contribution in [3.05, 3.63) is 95.6 Å². The number of likely N-dealkylation sites (N-methyl/N-ethyl adjacent to an activating group) is 1. The van der Waals surface area contributed by atoms with E-state index in [1.165, 1.54) is 9.87 Å². The Morgan fingerprint density at radius 1 is 0.973 bits per heavy atom. The minimum Gasteiger partial charge on any atom is -0.337 e. The Kier molecular flexibility index (Phi) is 9.27. The number of hydrogen-bond acceptors (Lipinski definition) is 5. The van der Waals surface area contributed by atoms with Crippen LogP contribution in [0.5, 0.6) is 5.75 Å². The molecule has 1 saturated heterocycles. The number of hydrogen-bond donors (Lipinski definition) is 0. The Balaban J connectivity index is 0.00000320. The largest absolute Gasteiger partial charge is 0.337 e. The summed E-state index contributed by atoms with van der Waals surface area (Å²) in [7, 11) is -1.90. The summed E-state index contributed by atoms with van der Waals surface area (Å²) in [5.41, 5.74) is 3.53. The van der Waals surface area contributed by atoms with E-state index in [1.54, 1.807) is 31.3 Å². The molecule has 3 aromatic carbocycles. The molecule has 2 aliphatic rings. The molecule has 1 atom stereocenters. The molecule has 0 bridgehead atoms. The minimum atomic E-state index is -3.57. The maximum absolute atomic E-state index is 13.2. The number of rotatable bonds is 9. The molecule has 0 unspecified atom stereocenters. The van der Waals surface area contributed by atoms with Crippen LogP contribution in [0.3, 0.4) is 0 Å². The molecule has 1 fully saturated rings. The summed E-state index contributed by atoms with van der Waals surface area (Å²) in [6.07, 6.45) is 3.17. The monoisotopic (exact) mass is 542 g/mol. The van der Waals surface area contributed by atoms with E-state index in [9.17, 15) is 8.42 Å². The first-order valence-corrected chi connectivity index (χ1v) is 14.2. The molecule has 6 nitrogen and oxygen atoms in total. The van der Waals surface area contributed by atoms with Gasteiger partial charge in [0.2, 0.25) is 10.0 Å². The van der Waals surface area contributed by atoms with Crippen LogP contribution in [0.4, 0.5) is 0 Å². The summed E-state index contributed by atoms with van der Waals surface area (Å²) in [5, 5.41) is 0. The predicted molar refractivity (Wildman–Crippen MR) is 148 cm³/mol. The standard InChI is InChI=1S/C29H34N2O4S.ClH/c1-30(36(32,33)28-10-6-3-7-11-28)21-26(25-12-13-27-22-34-35-29(27)20-25)16-19-31-17-14-24(15-18-31)23-8-4-2-5-9-23;/h2-13,20,24,26H,14-19,21-22H2,1H3;1H/t26-;/m1./s1. The molecule has 0 aromatic heterocycles. The molecule has 0 aliphatic carbocycles. The number of piperidine rings is 1. The lowest BCUT2D eigenvalue weighted by atomic mass is 9.89. The quantitative estimate of drug-likeness (QED) is 0.329. The van der Waals surface area contributed by atoms with Crippen molar-refractivity contribution in [2.24, 2.45) is 0 Å². The van der Waals surface area contributed by atoms with Crippen molar-refractivity contribution >= 4 is 22.4 Å². The third-order valence-electron chi connectivity index (χ3n) is 7.51. The first-order chi connectivity index (χ1) is 17.5. The van der Waals surface area contributed by atoms with E-state index in [0.29, 0.717) is 24.0 Å². The van der Waals surface area contributed by atoms with E-state index < -0.39 is 10.0 Å². The van der Waals surface area contributed by atoms with Gasteiger partial charge in [-0.25, -0.2) is 12.7 Å². The molecular formula is C29H35ClN2O4S. The third-order valence-corrected chi connectivity index (χ3v) is 9.34. The van der Waals surface area contributed by atoms with Gasteiger partial charge in [0.05, 0.1) is 4.90 Å².